The summed E-state index contributed by atoms with van der Waals surface area (Å²) in [7, 11) is 0. The Labute approximate surface area is 180 Å². The van der Waals surface area contributed by atoms with E-state index < -0.39 is 0 Å². The Kier molecular flexibility index (Phi) is 7.08. The summed E-state index contributed by atoms with van der Waals surface area (Å²) in [5, 5.41) is 12.9. The van der Waals surface area contributed by atoms with Crippen LogP contribution in [0.25, 0.3) is 0 Å². The minimum Gasteiger partial charge on any atom is -0.305 e. The van der Waals surface area contributed by atoms with Gasteiger partial charge in [0.15, 0.2) is 10.3 Å². The molecule has 0 aliphatic rings. The summed E-state index contributed by atoms with van der Waals surface area (Å²) in [5.41, 5.74) is 2.15. The molecule has 6 nitrogen and oxygen atoms in total. The zero-order chi connectivity index (χ0) is 21.0. The van der Waals surface area contributed by atoms with E-state index in [0.717, 1.165) is 34.5 Å². The fraction of sp³-hybridized carbons (Fsp3) is 0.429. The molecule has 0 aliphatic heterocycles. The maximum atomic E-state index is 12.6. The van der Waals surface area contributed by atoms with Gasteiger partial charge >= 0.3 is 0 Å². The van der Waals surface area contributed by atoms with Gasteiger partial charge in [-0.15, -0.1) is 21.5 Å². The number of carbonyl (C=O) groups excluding carboxylic acids is 1. The summed E-state index contributed by atoms with van der Waals surface area (Å²) in [6.07, 6.45) is 0.722. The van der Waals surface area contributed by atoms with Gasteiger partial charge in [-0.3, -0.25) is 4.79 Å². The topological polar surface area (TPSA) is 72.7 Å². The van der Waals surface area contributed by atoms with E-state index >= 15 is 0 Å². The summed E-state index contributed by atoms with van der Waals surface area (Å²) in [6.45, 7) is 11.0. The predicted molar refractivity (Wildman–Crippen MR) is 120 cm³/mol. The first-order valence-corrected chi connectivity index (χ1v) is 11.4. The molecule has 1 amide bonds. The van der Waals surface area contributed by atoms with Crippen LogP contribution in [0.3, 0.4) is 0 Å². The molecule has 1 atom stereocenters. The van der Waals surface area contributed by atoms with Crippen LogP contribution in [0.1, 0.15) is 42.7 Å². The molecule has 0 saturated heterocycles. The fourth-order valence-corrected chi connectivity index (χ4v) is 4.50. The first kappa shape index (κ1) is 21.5. The van der Waals surface area contributed by atoms with Crippen molar-refractivity contribution >= 4 is 34.1 Å². The van der Waals surface area contributed by atoms with Gasteiger partial charge in [-0.2, -0.15) is 0 Å². The lowest BCUT2D eigenvalue weighted by molar-refractivity contribution is -0.115. The second-order valence-electron chi connectivity index (χ2n) is 7.48. The average molecular weight is 430 g/mol. The predicted octanol–water partition coefficient (Wildman–Crippen LogP) is 4.72. The van der Waals surface area contributed by atoms with Gasteiger partial charge < -0.3 is 9.88 Å². The zero-order valence-electron chi connectivity index (χ0n) is 17.5. The van der Waals surface area contributed by atoms with Crippen molar-refractivity contribution in [2.45, 2.75) is 58.0 Å². The molecule has 8 heteroatoms. The van der Waals surface area contributed by atoms with E-state index in [1.165, 1.54) is 28.7 Å². The van der Waals surface area contributed by atoms with Gasteiger partial charge in [-0.1, -0.05) is 55.9 Å². The number of anilines is 1. The van der Waals surface area contributed by atoms with Crippen LogP contribution in [0.2, 0.25) is 0 Å². The molecule has 0 spiro atoms. The van der Waals surface area contributed by atoms with E-state index in [1.54, 1.807) is 0 Å². The smallest absolute Gasteiger partial charge is 0.239 e. The van der Waals surface area contributed by atoms with Crippen LogP contribution in [0, 0.1) is 19.8 Å². The van der Waals surface area contributed by atoms with Crippen molar-refractivity contribution in [2.75, 3.05) is 5.32 Å². The Morgan fingerprint density at radius 2 is 1.90 bits per heavy atom. The van der Waals surface area contributed by atoms with Crippen molar-refractivity contribution in [3.05, 3.63) is 52.3 Å². The van der Waals surface area contributed by atoms with Crippen molar-refractivity contribution in [3.8, 4) is 0 Å². The molecule has 0 bridgehead atoms. The number of nitrogens with one attached hydrogen (secondary N) is 1. The van der Waals surface area contributed by atoms with Crippen molar-refractivity contribution in [2.24, 2.45) is 5.92 Å². The van der Waals surface area contributed by atoms with Crippen LogP contribution >= 0.6 is 23.1 Å². The maximum Gasteiger partial charge on any atom is 0.239 e. The molecule has 0 saturated carbocycles. The first-order chi connectivity index (χ1) is 13.8. The highest BCUT2D eigenvalue weighted by molar-refractivity contribution is 8.00. The molecule has 3 rings (SSSR count). The van der Waals surface area contributed by atoms with Gasteiger partial charge in [0.2, 0.25) is 5.91 Å². The lowest BCUT2D eigenvalue weighted by atomic mass is 10.1. The lowest BCUT2D eigenvalue weighted by Crippen LogP contribution is -2.23. The van der Waals surface area contributed by atoms with Gasteiger partial charge in [0, 0.05) is 17.8 Å². The number of benzene rings is 1. The van der Waals surface area contributed by atoms with Crippen molar-refractivity contribution in [1.82, 2.24) is 19.7 Å². The molecule has 3 aromatic rings. The van der Waals surface area contributed by atoms with Crippen LogP contribution < -0.4 is 5.32 Å². The number of carbonyl (C=O) groups is 1. The molecular formula is C21H27N5OS2. The van der Waals surface area contributed by atoms with Crippen LogP contribution in [-0.4, -0.2) is 30.9 Å². The third kappa shape index (κ3) is 5.67. The van der Waals surface area contributed by atoms with E-state index in [9.17, 15) is 4.79 Å². The number of rotatable bonds is 8. The molecule has 0 radical (unpaired) electrons. The van der Waals surface area contributed by atoms with Gasteiger partial charge in [0.25, 0.3) is 0 Å². The normalized spacial score (nSPS) is 12.3. The third-order valence-corrected chi connectivity index (χ3v) is 6.53. The Morgan fingerprint density at radius 3 is 2.52 bits per heavy atom. The molecule has 0 unspecified atom stereocenters. The van der Waals surface area contributed by atoms with Gasteiger partial charge in [0.1, 0.15) is 5.82 Å². The highest BCUT2D eigenvalue weighted by Gasteiger charge is 2.22. The Balaban J connectivity index is 1.73. The molecule has 1 aromatic carbocycles. The number of hydrogen-bond acceptors (Lipinski definition) is 6. The lowest BCUT2D eigenvalue weighted by Gasteiger charge is -2.14. The highest BCUT2D eigenvalue weighted by Crippen LogP contribution is 2.27. The second kappa shape index (κ2) is 9.54. The number of amides is 1. The molecule has 0 fully saturated rings. The second-order valence-corrected chi connectivity index (χ2v) is 9.99. The van der Waals surface area contributed by atoms with Crippen LogP contribution in [-0.2, 0) is 17.8 Å². The van der Waals surface area contributed by atoms with Gasteiger partial charge in [-0.25, -0.2) is 4.98 Å². The zero-order valence-corrected chi connectivity index (χ0v) is 19.1. The van der Waals surface area contributed by atoms with Crippen LogP contribution in [0.15, 0.2) is 35.5 Å². The van der Waals surface area contributed by atoms with E-state index in [-0.39, 0.29) is 11.2 Å². The summed E-state index contributed by atoms with van der Waals surface area (Å²) in [4.78, 5) is 18.2. The van der Waals surface area contributed by atoms with Crippen LogP contribution in [0.4, 0.5) is 5.13 Å². The van der Waals surface area contributed by atoms with Gasteiger partial charge in [0.05, 0.1) is 10.9 Å². The Bertz CT molecular complexity index is 945. The van der Waals surface area contributed by atoms with Crippen molar-refractivity contribution in [3.63, 3.8) is 0 Å². The maximum absolute atomic E-state index is 12.6. The van der Waals surface area contributed by atoms with E-state index in [0.29, 0.717) is 11.0 Å². The summed E-state index contributed by atoms with van der Waals surface area (Å²) in [5.74, 6) is 1.30. The largest absolute Gasteiger partial charge is 0.305 e. The molecule has 2 aromatic heterocycles. The van der Waals surface area contributed by atoms with E-state index in [4.69, 9.17) is 0 Å². The summed E-state index contributed by atoms with van der Waals surface area (Å²) >= 11 is 2.93. The molecule has 2 heterocycles. The Hall–Kier alpha value is -2.19. The minimum atomic E-state index is -0.306. The van der Waals surface area contributed by atoms with E-state index in [1.807, 2.05) is 39.0 Å². The number of aryl methyl sites for hydroxylation is 2. The molecular weight excluding hydrogens is 402 g/mol. The van der Waals surface area contributed by atoms with Crippen molar-refractivity contribution < 1.29 is 4.79 Å². The van der Waals surface area contributed by atoms with E-state index in [2.05, 4.69) is 51.0 Å². The number of hydrogen-bond donors (Lipinski definition) is 1. The quantitative estimate of drug-likeness (QED) is 0.525. The molecule has 29 heavy (non-hydrogen) atoms. The molecule has 1 N–H and O–H groups in total. The SMILES string of the molecule is Cc1nc(NC(=O)[C@H](C)Sc2nnc(Cc3ccccc3)n2CC(C)C)sc1C. The molecule has 154 valence electrons. The standard InChI is InChI=1S/C21H27N5OS2/c1-13(2)12-26-18(11-17-9-7-6-8-10-17)24-25-21(26)29-16(5)19(27)23-20-22-14(3)15(4)28-20/h6-10,13,16H,11-12H2,1-5H3,(H,22,23,27)/t16-/m0/s1. The van der Waals surface area contributed by atoms with Gasteiger partial charge in [-0.05, 0) is 32.3 Å². The Morgan fingerprint density at radius 1 is 1.17 bits per heavy atom. The number of thiazole rings is 1. The number of thioether (sulfide) groups is 1. The third-order valence-electron chi connectivity index (χ3n) is 4.46. The highest BCUT2D eigenvalue weighted by atomic mass is 32.2. The number of aromatic nitrogens is 4. The fourth-order valence-electron chi connectivity index (χ4n) is 2.81. The number of nitrogens with zero attached hydrogens (tertiary/aromatic N) is 4. The summed E-state index contributed by atoms with van der Waals surface area (Å²) < 4.78 is 2.14. The monoisotopic (exact) mass is 429 g/mol. The summed E-state index contributed by atoms with van der Waals surface area (Å²) in [6, 6.07) is 10.3. The first-order valence-electron chi connectivity index (χ1n) is 9.71. The van der Waals surface area contributed by atoms with Crippen LogP contribution in [0.5, 0.6) is 0 Å². The molecule has 0 aliphatic carbocycles. The van der Waals surface area contributed by atoms with Crippen molar-refractivity contribution in [1.29, 1.82) is 0 Å². The average Bonchev–Trinajstić information content (AvgIpc) is 3.18. The minimum absolute atomic E-state index is 0.0764.